The van der Waals surface area contributed by atoms with E-state index in [0.29, 0.717) is 4.73 Å². The third kappa shape index (κ3) is 2.13. The number of benzene rings is 1. The van der Waals surface area contributed by atoms with Gasteiger partial charge in [0.15, 0.2) is 0 Å². The van der Waals surface area contributed by atoms with Gasteiger partial charge in [0.1, 0.15) is 5.01 Å². The average molecular weight is 290 g/mol. The second kappa shape index (κ2) is 3.96. The summed E-state index contributed by atoms with van der Waals surface area (Å²) in [6, 6.07) is 5.85. The summed E-state index contributed by atoms with van der Waals surface area (Å²) >= 11 is 10.5. The van der Waals surface area contributed by atoms with Crippen LogP contribution in [0.4, 0.5) is 0 Å². The number of hydrogen-bond acceptors (Lipinski definition) is 3. The lowest BCUT2D eigenvalue weighted by molar-refractivity contribution is 1.26. The molecule has 5 heteroatoms. The monoisotopic (exact) mass is 288 g/mol. The van der Waals surface area contributed by atoms with Crippen molar-refractivity contribution in [2.24, 2.45) is 0 Å². The van der Waals surface area contributed by atoms with Gasteiger partial charge in [0.2, 0.25) is 4.73 Å². The Labute approximate surface area is 99.2 Å². The topological polar surface area (TPSA) is 25.8 Å². The van der Waals surface area contributed by atoms with E-state index in [1.54, 1.807) is 0 Å². The third-order valence-corrected chi connectivity index (χ3v) is 3.26. The molecule has 0 radical (unpaired) electrons. The lowest BCUT2D eigenvalue weighted by Crippen LogP contribution is -1.79. The van der Waals surface area contributed by atoms with Gasteiger partial charge in [-0.2, -0.15) is 4.37 Å². The normalized spacial score (nSPS) is 10.5. The van der Waals surface area contributed by atoms with Crippen molar-refractivity contribution in [3.63, 3.8) is 0 Å². The molecule has 1 heterocycles. The van der Waals surface area contributed by atoms with Crippen molar-refractivity contribution in [2.75, 3.05) is 0 Å². The zero-order chi connectivity index (χ0) is 10.1. The van der Waals surface area contributed by atoms with Crippen LogP contribution in [0, 0.1) is 6.92 Å². The number of nitrogens with zero attached hydrogens (tertiary/aromatic N) is 2. The Hall–Kier alpha value is -0.450. The zero-order valence-corrected chi connectivity index (χ0v) is 10.4. The molecule has 0 aliphatic rings. The Kier molecular flexibility index (Phi) is 2.85. The predicted octanol–water partition coefficient (Wildman–Crippen LogP) is 3.93. The van der Waals surface area contributed by atoms with Crippen LogP contribution in [0.25, 0.3) is 10.6 Å². The Morgan fingerprint density at radius 2 is 2.14 bits per heavy atom. The SMILES string of the molecule is Cc1cc(Cl)cc(-c2nc(Br)ns2)c1. The van der Waals surface area contributed by atoms with Crippen molar-refractivity contribution >= 4 is 39.1 Å². The van der Waals surface area contributed by atoms with E-state index >= 15 is 0 Å². The Bertz CT molecular complexity index is 449. The van der Waals surface area contributed by atoms with E-state index < -0.39 is 0 Å². The Morgan fingerprint density at radius 1 is 1.36 bits per heavy atom. The zero-order valence-electron chi connectivity index (χ0n) is 7.29. The molecule has 14 heavy (non-hydrogen) atoms. The van der Waals surface area contributed by atoms with E-state index in [-0.39, 0.29) is 0 Å². The van der Waals surface area contributed by atoms with E-state index in [1.807, 2.05) is 25.1 Å². The van der Waals surface area contributed by atoms with Crippen molar-refractivity contribution < 1.29 is 0 Å². The first-order chi connectivity index (χ1) is 6.65. The molecule has 2 aromatic rings. The molecule has 0 aliphatic carbocycles. The van der Waals surface area contributed by atoms with Gasteiger partial charge in [-0.25, -0.2) is 4.98 Å². The maximum absolute atomic E-state index is 5.95. The maximum Gasteiger partial charge on any atom is 0.209 e. The molecule has 0 saturated heterocycles. The van der Waals surface area contributed by atoms with Crippen LogP contribution in [0.2, 0.25) is 5.02 Å². The van der Waals surface area contributed by atoms with Crippen molar-refractivity contribution in [1.82, 2.24) is 9.36 Å². The van der Waals surface area contributed by atoms with Gasteiger partial charge in [0.25, 0.3) is 0 Å². The molecule has 0 amide bonds. The van der Waals surface area contributed by atoms with E-state index in [2.05, 4.69) is 25.3 Å². The quantitative estimate of drug-likeness (QED) is 0.795. The fourth-order valence-electron chi connectivity index (χ4n) is 1.18. The Morgan fingerprint density at radius 3 is 2.71 bits per heavy atom. The maximum atomic E-state index is 5.95. The minimum atomic E-state index is 0.620. The van der Waals surface area contributed by atoms with Gasteiger partial charge < -0.3 is 0 Å². The average Bonchev–Trinajstić information content (AvgIpc) is 2.50. The summed E-state index contributed by atoms with van der Waals surface area (Å²) in [5, 5.41) is 1.61. The van der Waals surface area contributed by atoms with Crippen molar-refractivity contribution in [3.05, 3.63) is 33.5 Å². The Balaban J connectivity index is 2.51. The number of aryl methyl sites for hydroxylation is 1. The summed E-state index contributed by atoms with van der Waals surface area (Å²) in [6.07, 6.45) is 0. The largest absolute Gasteiger partial charge is 0.209 e. The van der Waals surface area contributed by atoms with Gasteiger partial charge >= 0.3 is 0 Å². The molecule has 0 unspecified atom stereocenters. The molecule has 0 N–H and O–H groups in total. The summed E-state index contributed by atoms with van der Waals surface area (Å²) < 4.78 is 4.68. The molecule has 2 rings (SSSR count). The van der Waals surface area contributed by atoms with Crippen LogP contribution in [0.3, 0.4) is 0 Å². The van der Waals surface area contributed by atoms with Crippen molar-refractivity contribution in [3.8, 4) is 10.6 Å². The van der Waals surface area contributed by atoms with Crippen LogP contribution >= 0.6 is 39.1 Å². The fourth-order valence-corrected chi connectivity index (χ4v) is 2.54. The highest BCUT2D eigenvalue weighted by atomic mass is 79.9. The fraction of sp³-hybridized carbons (Fsp3) is 0.111. The number of halogens is 2. The van der Waals surface area contributed by atoms with Crippen LogP contribution < -0.4 is 0 Å². The van der Waals surface area contributed by atoms with Gasteiger partial charge in [-0.1, -0.05) is 11.6 Å². The molecule has 0 fully saturated rings. The van der Waals surface area contributed by atoms with Crippen LogP contribution in [-0.4, -0.2) is 9.36 Å². The molecule has 0 saturated carbocycles. The highest BCUT2D eigenvalue weighted by molar-refractivity contribution is 9.10. The molecule has 0 spiro atoms. The summed E-state index contributed by atoms with van der Waals surface area (Å²) in [6.45, 7) is 2.01. The van der Waals surface area contributed by atoms with Gasteiger partial charge in [0, 0.05) is 10.6 Å². The van der Waals surface area contributed by atoms with Gasteiger partial charge in [-0.15, -0.1) is 0 Å². The van der Waals surface area contributed by atoms with E-state index in [4.69, 9.17) is 11.6 Å². The lowest BCUT2D eigenvalue weighted by Gasteiger charge is -1.98. The first kappa shape index (κ1) is 10.1. The number of rotatable bonds is 1. The van der Waals surface area contributed by atoms with E-state index in [9.17, 15) is 0 Å². The highest BCUT2D eigenvalue weighted by Crippen LogP contribution is 2.26. The molecule has 72 valence electrons. The smallest absolute Gasteiger partial charge is 0.209 e. The van der Waals surface area contributed by atoms with Crippen LogP contribution in [-0.2, 0) is 0 Å². The van der Waals surface area contributed by atoms with Crippen LogP contribution in [0.15, 0.2) is 22.9 Å². The molecular formula is C9H6BrClN2S. The van der Waals surface area contributed by atoms with Crippen molar-refractivity contribution in [2.45, 2.75) is 6.92 Å². The standard InChI is InChI=1S/C9H6BrClN2S/c1-5-2-6(4-7(11)3-5)8-12-9(10)13-14-8/h2-4H,1H3. The van der Waals surface area contributed by atoms with Crippen molar-refractivity contribution in [1.29, 1.82) is 0 Å². The van der Waals surface area contributed by atoms with Gasteiger partial charge in [0.05, 0.1) is 0 Å². The molecule has 1 aromatic carbocycles. The van der Waals surface area contributed by atoms with Crippen LogP contribution in [0.1, 0.15) is 5.56 Å². The first-order valence-electron chi connectivity index (χ1n) is 3.92. The second-order valence-electron chi connectivity index (χ2n) is 2.89. The van der Waals surface area contributed by atoms with Crippen LogP contribution in [0.5, 0.6) is 0 Å². The first-order valence-corrected chi connectivity index (χ1v) is 5.86. The molecule has 0 bridgehead atoms. The van der Waals surface area contributed by atoms with Gasteiger partial charge in [-0.3, -0.25) is 0 Å². The summed E-state index contributed by atoms with van der Waals surface area (Å²) in [5.74, 6) is 0. The molecular weight excluding hydrogens is 284 g/mol. The van der Waals surface area contributed by atoms with E-state index in [0.717, 1.165) is 21.2 Å². The molecule has 0 aliphatic heterocycles. The molecule has 2 nitrogen and oxygen atoms in total. The number of aromatic nitrogens is 2. The highest BCUT2D eigenvalue weighted by Gasteiger charge is 2.05. The minimum absolute atomic E-state index is 0.620. The lowest BCUT2D eigenvalue weighted by atomic mass is 10.1. The second-order valence-corrected chi connectivity index (χ2v) is 4.78. The molecule has 1 aromatic heterocycles. The van der Waals surface area contributed by atoms with Gasteiger partial charge in [-0.05, 0) is 58.1 Å². The predicted molar refractivity (Wildman–Crippen MR) is 62.8 cm³/mol. The summed E-state index contributed by atoms with van der Waals surface area (Å²) in [4.78, 5) is 4.23. The number of hydrogen-bond donors (Lipinski definition) is 0. The summed E-state index contributed by atoms with van der Waals surface area (Å²) in [7, 11) is 0. The molecule has 0 atom stereocenters. The minimum Gasteiger partial charge on any atom is -0.209 e. The van der Waals surface area contributed by atoms with E-state index in [1.165, 1.54) is 11.5 Å². The summed E-state index contributed by atoms with van der Waals surface area (Å²) in [5.41, 5.74) is 2.14. The third-order valence-electron chi connectivity index (χ3n) is 1.69.